The molecule has 3 heterocycles. The summed E-state index contributed by atoms with van der Waals surface area (Å²) in [5, 5.41) is 7.70. The van der Waals surface area contributed by atoms with Crippen LogP contribution in [-0.2, 0) is 20.3 Å². The van der Waals surface area contributed by atoms with Gasteiger partial charge in [-0.15, -0.1) is 10.2 Å². The van der Waals surface area contributed by atoms with Crippen LogP contribution in [0.3, 0.4) is 0 Å². The number of hydrogen-bond donors (Lipinski definition) is 0. The number of ether oxygens (including phenoxy) is 2. The summed E-state index contributed by atoms with van der Waals surface area (Å²) in [5.41, 5.74) is -0.161. The molecule has 2 atom stereocenters. The summed E-state index contributed by atoms with van der Waals surface area (Å²) in [6.45, 7) is 3.20. The Morgan fingerprint density at radius 3 is 2.39 bits per heavy atom. The molecule has 11 nitrogen and oxygen atoms in total. The van der Waals surface area contributed by atoms with Gasteiger partial charge in [0.2, 0.25) is 5.88 Å². The predicted molar refractivity (Wildman–Crippen MR) is 131 cm³/mol. The molecule has 0 aliphatic heterocycles. The highest BCUT2D eigenvalue weighted by Gasteiger charge is 2.76. The fourth-order valence-electron chi connectivity index (χ4n) is 5.15. The van der Waals surface area contributed by atoms with Crippen LogP contribution in [0.15, 0.2) is 18.7 Å². The zero-order chi connectivity index (χ0) is 27.5. The fourth-order valence-corrected chi connectivity index (χ4v) is 6.67. The Labute approximate surface area is 222 Å². The molecule has 2 fully saturated rings. The van der Waals surface area contributed by atoms with Gasteiger partial charge in [-0.3, -0.25) is 4.57 Å². The monoisotopic (exact) mass is 569 g/mol. The van der Waals surface area contributed by atoms with Gasteiger partial charge in [0, 0.05) is 37.3 Å². The Morgan fingerprint density at radius 2 is 1.82 bits per heavy atom. The zero-order valence-corrected chi connectivity index (χ0v) is 22.7. The van der Waals surface area contributed by atoms with Gasteiger partial charge >= 0.3 is 0 Å². The van der Waals surface area contributed by atoms with Gasteiger partial charge in [-0.05, 0) is 26.7 Å². The average molecular weight is 570 g/mol. The molecule has 0 amide bonds. The lowest BCUT2D eigenvalue weighted by Gasteiger charge is -2.35. The lowest BCUT2D eigenvalue weighted by molar-refractivity contribution is 0.0182. The number of aromatic nitrogens is 7. The molecule has 0 unspecified atom stereocenters. The molecule has 0 radical (unpaired) electrons. The Kier molecular flexibility index (Phi) is 6.63. The van der Waals surface area contributed by atoms with E-state index in [9.17, 15) is 17.2 Å². The van der Waals surface area contributed by atoms with Crippen molar-refractivity contribution < 1.29 is 26.7 Å². The normalized spacial score (nSPS) is 23.6. The SMILES string of the molecule is COc1ncnc(C)c1-n1c(CS(=O)(=O)[C@@H](C)[C@H](OC)c2ncc(Cl)cn2)nnc1C1CC2(C1)CC2(F)F. The maximum Gasteiger partial charge on any atom is 0.254 e. The molecular formula is C23H26ClF2N7O4S. The quantitative estimate of drug-likeness (QED) is 0.377. The van der Waals surface area contributed by atoms with E-state index in [4.69, 9.17) is 21.1 Å². The number of halogens is 3. The van der Waals surface area contributed by atoms with Crippen molar-refractivity contribution in [2.24, 2.45) is 5.41 Å². The maximum absolute atomic E-state index is 13.9. The van der Waals surface area contributed by atoms with Crippen molar-refractivity contribution in [2.45, 2.75) is 62.1 Å². The van der Waals surface area contributed by atoms with E-state index in [0.29, 0.717) is 22.2 Å². The minimum Gasteiger partial charge on any atom is -0.479 e. The minimum absolute atomic E-state index is 0.0819. The first-order chi connectivity index (χ1) is 17.9. The van der Waals surface area contributed by atoms with E-state index < -0.39 is 38.3 Å². The van der Waals surface area contributed by atoms with Gasteiger partial charge < -0.3 is 9.47 Å². The molecule has 2 saturated carbocycles. The predicted octanol–water partition coefficient (Wildman–Crippen LogP) is 3.41. The second-order valence-corrected chi connectivity index (χ2v) is 12.6. The summed E-state index contributed by atoms with van der Waals surface area (Å²) in [7, 11) is -1.15. The van der Waals surface area contributed by atoms with Gasteiger partial charge in [0.1, 0.15) is 29.7 Å². The topological polar surface area (TPSA) is 135 Å². The standard InChI is InChI=1S/C23H26ClF2N7O4S/c1-12-17(21(37-4)30-11-29-12)33-16(31-32-20(33)14-5-22(6-14)10-23(22,25)26)9-38(34,35)13(2)18(36-3)19-27-7-15(24)8-28-19/h7-8,11,13-14,18H,5-6,9-10H2,1-4H3/t13-,14?,18-,22?/m0/s1. The van der Waals surface area contributed by atoms with Crippen molar-refractivity contribution in [2.75, 3.05) is 14.2 Å². The molecular weight excluding hydrogens is 544 g/mol. The van der Waals surface area contributed by atoms with Gasteiger partial charge in [0.05, 0.1) is 23.1 Å². The number of hydrogen-bond acceptors (Lipinski definition) is 10. The molecule has 0 saturated heterocycles. The van der Waals surface area contributed by atoms with E-state index in [1.165, 1.54) is 44.4 Å². The molecule has 204 valence electrons. The maximum atomic E-state index is 13.9. The highest BCUT2D eigenvalue weighted by atomic mass is 35.5. The van der Waals surface area contributed by atoms with Crippen LogP contribution >= 0.6 is 11.6 Å². The number of aryl methyl sites for hydroxylation is 1. The second-order valence-electron chi connectivity index (χ2n) is 9.82. The van der Waals surface area contributed by atoms with Crippen LogP contribution in [0.25, 0.3) is 5.69 Å². The lowest BCUT2D eigenvalue weighted by atomic mass is 9.71. The largest absolute Gasteiger partial charge is 0.479 e. The molecule has 0 bridgehead atoms. The van der Waals surface area contributed by atoms with Gasteiger partial charge in [-0.25, -0.2) is 32.2 Å². The molecule has 0 aromatic carbocycles. The highest BCUT2D eigenvalue weighted by molar-refractivity contribution is 7.91. The molecule has 3 aromatic heterocycles. The van der Waals surface area contributed by atoms with E-state index >= 15 is 0 Å². The molecule has 3 aromatic rings. The van der Waals surface area contributed by atoms with Crippen LogP contribution in [-0.4, -0.2) is 68.5 Å². The first-order valence-electron chi connectivity index (χ1n) is 11.8. The van der Waals surface area contributed by atoms with Crippen molar-refractivity contribution >= 4 is 21.4 Å². The summed E-state index contributed by atoms with van der Waals surface area (Å²) in [4.78, 5) is 16.6. The summed E-state index contributed by atoms with van der Waals surface area (Å²) < 4.78 is 67.5. The molecule has 1 spiro atoms. The van der Waals surface area contributed by atoms with Crippen molar-refractivity contribution in [1.29, 1.82) is 0 Å². The molecule has 2 aliphatic rings. The molecule has 38 heavy (non-hydrogen) atoms. The second kappa shape index (κ2) is 9.42. The number of nitrogens with zero attached hydrogens (tertiary/aromatic N) is 7. The van der Waals surface area contributed by atoms with Crippen molar-refractivity contribution in [3.05, 3.63) is 46.9 Å². The lowest BCUT2D eigenvalue weighted by Crippen LogP contribution is -2.32. The summed E-state index contributed by atoms with van der Waals surface area (Å²) in [6, 6.07) is 0. The molecule has 15 heteroatoms. The Bertz CT molecular complexity index is 1460. The van der Waals surface area contributed by atoms with E-state index in [2.05, 4.69) is 30.1 Å². The fraction of sp³-hybridized carbons (Fsp3) is 0.565. The van der Waals surface area contributed by atoms with Crippen LogP contribution < -0.4 is 4.74 Å². The third kappa shape index (κ3) is 4.41. The summed E-state index contributed by atoms with van der Waals surface area (Å²) in [6.07, 6.45) is 3.37. The van der Waals surface area contributed by atoms with Crippen LogP contribution in [0.5, 0.6) is 5.88 Å². The van der Waals surface area contributed by atoms with Crippen molar-refractivity contribution in [1.82, 2.24) is 34.7 Å². The van der Waals surface area contributed by atoms with E-state index in [-0.39, 0.29) is 42.7 Å². The van der Waals surface area contributed by atoms with E-state index in [1.54, 1.807) is 6.92 Å². The molecule has 0 N–H and O–H groups in total. The van der Waals surface area contributed by atoms with Crippen LogP contribution in [0.2, 0.25) is 5.02 Å². The Hall–Kier alpha value is -2.84. The number of alkyl halides is 2. The summed E-state index contributed by atoms with van der Waals surface area (Å²) >= 11 is 5.87. The number of sulfone groups is 1. The highest BCUT2D eigenvalue weighted by Crippen LogP contribution is 2.74. The van der Waals surface area contributed by atoms with Crippen LogP contribution in [0, 0.1) is 12.3 Å². The van der Waals surface area contributed by atoms with Gasteiger partial charge in [-0.1, -0.05) is 11.6 Å². The first kappa shape index (κ1) is 26.8. The van der Waals surface area contributed by atoms with Gasteiger partial charge in [0.15, 0.2) is 21.5 Å². The van der Waals surface area contributed by atoms with E-state index in [1.807, 2.05) is 0 Å². The van der Waals surface area contributed by atoms with Gasteiger partial charge in [0.25, 0.3) is 5.92 Å². The zero-order valence-electron chi connectivity index (χ0n) is 21.1. The van der Waals surface area contributed by atoms with Crippen LogP contribution in [0.1, 0.15) is 61.4 Å². The third-order valence-corrected chi connectivity index (χ3v) is 9.70. The van der Waals surface area contributed by atoms with Crippen molar-refractivity contribution in [3.8, 4) is 11.6 Å². The average Bonchev–Trinajstić information content (AvgIpc) is 3.23. The number of rotatable bonds is 9. The van der Waals surface area contributed by atoms with Crippen molar-refractivity contribution in [3.63, 3.8) is 0 Å². The molecule has 5 rings (SSSR count). The number of methoxy groups -OCH3 is 2. The minimum atomic E-state index is -3.94. The van der Waals surface area contributed by atoms with Crippen LogP contribution in [0.4, 0.5) is 8.78 Å². The Morgan fingerprint density at radius 1 is 1.16 bits per heavy atom. The van der Waals surface area contributed by atoms with Gasteiger partial charge in [-0.2, -0.15) is 4.98 Å². The third-order valence-electron chi connectivity index (χ3n) is 7.47. The smallest absolute Gasteiger partial charge is 0.254 e. The summed E-state index contributed by atoms with van der Waals surface area (Å²) in [5.74, 6) is -2.74. The Balaban J connectivity index is 1.52. The molecule has 2 aliphatic carbocycles. The van der Waals surface area contributed by atoms with E-state index in [0.717, 1.165) is 0 Å². The first-order valence-corrected chi connectivity index (χ1v) is 13.9.